The van der Waals surface area contributed by atoms with E-state index in [1.54, 1.807) is 0 Å². The number of ether oxygens (including phenoxy) is 2. The lowest BCUT2D eigenvalue weighted by atomic mass is 10.0. The lowest BCUT2D eigenvalue weighted by Crippen LogP contribution is -2.43. The van der Waals surface area contributed by atoms with Gasteiger partial charge in [-0.2, -0.15) is 0 Å². The molecule has 0 aliphatic carbocycles. The average Bonchev–Trinajstić information content (AvgIpc) is 2.35. The van der Waals surface area contributed by atoms with Gasteiger partial charge in [0.15, 0.2) is 6.61 Å². The molecular weight excluding hydrogens is 246 g/mol. The highest BCUT2D eigenvalue weighted by atomic mass is 16.6. The maximum Gasteiger partial charge on any atom is 0.408 e. The van der Waals surface area contributed by atoms with Crippen LogP contribution in [0.1, 0.15) is 40.0 Å². The Labute approximate surface area is 115 Å². The fourth-order valence-electron chi connectivity index (χ4n) is 1.39. The molecule has 1 N–H and O–H groups in total. The predicted octanol–water partition coefficient (Wildman–Crippen LogP) is 2.10. The molecule has 0 saturated carbocycles. The van der Waals surface area contributed by atoms with E-state index in [0.717, 1.165) is 12.8 Å². The smallest absolute Gasteiger partial charge is 0.408 e. The highest BCUT2D eigenvalue weighted by Crippen LogP contribution is 2.07. The fourth-order valence-corrected chi connectivity index (χ4v) is 1.39. The zero-order valence-corrected chi connectivity index (χ0v) is 11.9. The molecule has 19 heavy (non-hydrogen) atoms. The van der Waals surface area contributed by atoms with Crippen molar-refractivity contribution in [2.45, 2.75) is 46.1 Å². The molecule has 0 fully saturated rings. The average molecular weight is 269 g/mol. The summed E-state index contributed by atoms with van der Waals surface area (Å²) in [5.74, 6) is 2.00. The van der Waals surface area contributed by atoms with Gasteiger partial charge in [-0.25, -0.2) is 9.59 Å². The van der Waals surface area contributed by atoms with Crippen LogP contribution in [-0.2, 0) is 14.3 Å². The number of nitrogens with one attached hydrogen (secondary N) is 1. The Hall–Kier alpha value is -1.70. The van der Waals surface area contributed by atoms with Crippen molar-refractivity contribution in [3.8, 4) is 12.3 Å². The minimum atomic E-state index is -0.698. The number of carbonyl (C=O) groups is 2. The van der Waals surface area contributed by atoms with Gasteiger partial charge in [0.25, 0.3) is 0 Å². The molecule has 0 rings (SSSR count). The van der Waals surface area contributed by atoms with Crippen LogP contribution >= 0.6 is 0 Å². The van der Waals surface area contributed by atoms with Crippen LogP contribution < -0.4 is 5.32 Å². The third kappa shape index (κ3) is 8.95. The summed E-state index contributed by atoms with van der Waals surface area (Å²) in [5, 5.41) is 2.48. The number of alkyl carbamates (subject to hydrolysis) is 1. The fraction of sp³-hybridized carbons (Fsp3) is 0.714. The van der Waals surface area contributed by atoms with Gasteiger partial charge in [-0.1, -0.05) is 33.1 Å². The first-order valence-corrected chi connectivity index (χ1v) is 6.54. The first-order chi connectivity index (χ1) is 9.01. The number of hydrogen-bond donors (Lipinski definition) is 1. The van der Waals surface area contributed by atoms with Crippen molar-refractivity contribution in [1.82, 2.24) is 5.32 Å². The molecule has 1 amide bonds. The summed E-state index contributed by atoms with van der Waals surface area (Å²) in [7, 11) is 0. The maximum atomic E-state index is 11.8. The van der Waals surface area contributed by atoms with Crippen molar-refractivity contribution in [3.63, 3.8) is 0 Å². The molecule has 0 bridgehead atoms. The van der Waals surface area contributed by atoms with E-state index < -0.39 is 18.1 Å². The first-order valence-electron chi connectivity index (χ1n) is 6.54. The van der Waals surface area contributed by atoms with Crippen molar-refractivity contribution in [2.75, 3.05) is 13.2 Å². The van der Waals surface area contributed by atoms with Crippen LogP contribution in [-0.4, -0.2) is 31.3 Å². The van der Waals surface area contributed by atoms with E-state index in [-0.39, 0.29) is 12.5 Å². The Morgan fingerprint density at radius 2 is 2.00 bits per heavy atom. The summed E-state index contributed by atoms with van der Waals surface area (Å²) < 4.78 is 9.79. The van der Waals surface area contributed by atoms with Crippen LogP contribution in [0.2, 0.25) is 0 Å². The summed E-state index contributed by atoms with van der Waals surface area (Å²) in [6.45, 7) is 6.17. The molecule has 0 aromatic rings. The number of carbonyl (C=O) groups excluding carboxylic acids is 2. The Kier molecular flexibility index (Phi) is 9.33. The third-order valence-electron chi connectivity index (χ3n) is 2.31. The second kappa shape index (κ2) is 10.2. The summed E-state index contributed by atoms with van der Waals surface area (Å²) in [6.07, 6.45) is 6.53. The molecule has 108 valence electrons. The molecule has 0 aliphatic rings. The molecular formula is C14H23NO4. The molecule has 0 radical (unpaired) electrons. The molecule has 5 heteroatoms. The van der Waals surface area contributed by atoms with Gasteiger partial charge >= 0.3 is 12.1 Å². The number of terminal acetylenes is 1. The Morgan fingerprint density at radius 3 is 2.53 bits per heavy atom. The van der Waals surface area contributed by atoms with Crippen molar-refractivity contribution in [3.05, 3.63) is 0 Å². The summed E-state index contributed by atoms with van der Waals surface area (Å²) >= 11 is 0. The van der Waals surface area contributed by atoms with Crippen molar-refractivity contribution in [2.24, 2.45) is 5.92 Å². The summed E-state index contributed by atoms with van der Waals surface area (Å²) in [5.41, 5.74) is 0. The lowest BCUT2D eigenvalue weighted by molar-refractivity contribution is -0.146. The second-order valence-electron chi connectivity index (χ2n) is 4.63. The highest BCUT2D eigenvalue weighted by Gasteiger charge is 2.23. The number of rotatable bonds is 8. The minimum Gasteiger partial charge on any atom is -0.464 e. The normalized spacial score (nSPS) is 11.5. The lowest BCUT2D eigenvalue weighted by Gasteiger charge is -2.18. The first kappa shape index (κ1) is 17.3. The molecule has 0 spiro atoms. The van der Waals surface area contributed by atoms with Gasteiger partial charge in [0, 0.05) is 0 Å². The van der Waals surface area contributed by atoms with Gasteiger partial charge in [-0.05, 0) is 18.8 Å². The van der Waals surface area contributed by atoms with Gasteiger partial charge in [0.05, 0.1) is 6.61 Å². The summed E-state index contributed by atoms with van der Waals surface area (Å²) in [4.78, 5) is 23.2. The van der Waals surface area contributed by atoms with E-state index >= 15 is 0 Å². The Morgan fingerprint density at radius 1 is 1.32 bits per heavy atom. The SMILES string of the molecule is C#CCOC(=O)NC(CC(C)C)C(=O)OCCCC. The number of esters is 1. The van der Waals surface area contributed by atoms with E-state index in [1.165, 1.54) is 0 Å². The van der Waals surface area contributed by atoms with Crippen molar-refractivity contribution >= 4 is 12.1 Å². The zero-order valence-electron chi connectivity index (χ0n) is 11.9. The zero-order chi connectivity index (χ0) is 14.7. The minimum absolute atomic E-state index is 0.120. The van der Waals surface area contributed by atoms with Crippen LogP contribution in [0.25, 0.3) is 0 Å². The van der Waals surface area contributed by atoms with E-state index in [2.05, 4.69) is 16.0 Å². The summed E-state index contributed by atoms with van der Waals surface area (Å²) in [6, 6.07) is -0.692. The van der Waals surface area contributed by atoms with Gasteiger partial charge in [-0.15, -0.1) is 6.42 Å². The molecule has 0 aliphatic heterocycles. The third-order valence-corrected chi connectivity index (χ3v) is 2.31. The molecule has 0 heterocycles. The number of unbranched alkanes of at least 4 members (excludes halogenated alkanes) is 1. The molecule has 1 atom stereocenters. The van der Waals surface area contributed by atoms with E-state index in [9.17, 15) is 9.59 Å². The number of hydrogen-bond acceptors (Lipinski definition) is 4. The van der Waals surface area contributed by atoms with Gasteiger partial charge in [-0.3, -0.25) is 0 Å². The van der Waals surface area contributed by atoms with Gasteiger partial charge in [0.2, 0.25) is 0 Å². The van der Waals surface area contributed by atoms with E-state index in [1.807, 2.05) is 20.8 Å². The second-order valence-corrected chi connectivity index (χ2v) is 4.63. The molecule has 5 nitrogen and oxygen atoms in total. The van der Waals surface area contributed by atoms with Crippen molar-refractivity contribution in [1.29, 1.82) is 0 Å². The van der Waals surface area contributed by atoms with Gasteiger partial charge in [0.1, 0.15) is 6.04 Å². The molecule has 1 unspecified atom stereocenters. The van der Waals surface area contributed by atoms with Crippen LogP contribution in [0.3, 0.4) is 0 Å². The number of amides is 1. The quantitative estimate of drug-likeness (QED) is 0.416. The van der Waals surface area contributed by atoms with Crippen LogP contribution in [0.4, 0.5) is 4.79 Å². The van der Waals surface area contributed by atoms with E-state index in [0.29, 0.717) is 13.0 Å². The largest absolute Gasteiger partial charge is 0.464 e. The predicted molar refractivity (Wildman–Crippen MR) is 72.4 cm³/mol. The van der Waals surface area contributed by atoms with Crippen LogP contribution in [0.5, 0.6) is 0 Å². The topological polar surface area (TPSA) is 64.6 Å². The monoisotopic (exact) mass is 269 g/mol. The van der Waals surface area contributed by atoms with Crippen molar-refractivity contribution < 1.29 is 19.1 Å². The maximum absolute atomic E-state index is 11.8. The standard InChI is InChI=1S/C14H23NO4/c1-5-7-9-18-13(16)12(10-11(3)4)15-14(17)19-8-6-2/h2,11-12H,5,7-10H2,1,3-4H3,(H,15,17). The molecule has 0 saturated heterocycles. The van der Waals surface area contributed by atoms with Crippen LogP contribution in [0.15, 0.2) is 0 Å². The Balaban J connectivity index is 4.32. The van der Waals surface area contributed by atoms with E-state index in [4.69, 9.17) is 11.2 Å². The Bertz CT molecular complexity index is 320. The molecule has 0 aromatic carbocycles. The van der Waals surface area contributed by atoms with Crippen LogP contribution in [0, 0.1) is 18.3 Å². The van der Waals surface area contributed by atoms with Gasteiger partial charge < -0.3 is 14.8 Å². The highest BCUT2D eigenvalue weighted by molar-refractivity contribution is 5.81. The molecule has 0 aromatic heterocycles.